The number of carbonyl (C=O) groups is 1. The molecule has 1 N–H and O–H groups in total. The summed E-state index contributed by atoms with van der Waals surface area (Å²) in [4.78, 5) is 11.7. The molecule has 19 heavy (non-hydrogen) atoms. The highest BCUT2D eigenvalue weighted by molar-refractivity contribution is 7.89. The van der Waals surface area contributed by atoms with Crippen molar-refractivity contribution >= 4 is 15.9 Å². The first-order chi connectivity index (χ1) is 8.99. The van der Waals surface area contributed by atoms with Gasteiger partial charge < -0.3 is 5.32 Å². The number of nitrogens with zero attached hydrogens (tertiary/aromatic N) is 3. The Labute approximate surface area is 112 Å². The van der Waals surface area contributed by atoms with E-state index in [1.165, 1.54) is 10.5 Å². The van der Waals surface area contributed by atoms with Crippen LogP contribution in [0.2, 0.25) is 0 Å². The highest BCUT2D eigenvalue weighted by Gasteiger charge is 2.27. The zero-order valence-corrected chi connectivity index (χ0v) is 11.7. The minimum absolute atomic E-state index is 0.183. The van der Waals surface area contributed by atoms with Crippen molar-refractivity contribution in [2.24, 2.45) is 7.05 Å². The van der Waals surface area contributed by atoms with Gasteiger partial charge in [0.05, 0.1) is 17.5 Å². The van der Waals surface area contributed by atoms with Crippen molar-refractivity contribution in [2.75, 3.05) is 25.4 Å². The summed E-state index contributed by atoms with van der Waals surface area (Å²) in [6.07, 6.45) is 4.45. The second-order valence-electron chi connectivity index (χ2n) is 4.58. The Kier molecular flexibility index (Phi) is 4.20. The summed E-state index contributed by atoms with van der Waals surface area (Å²) in [6.45, 7) is 1.52. The summed E-state index contributed by atoms with van der Waals surface area (Å²) < 4.78 is 26.1. The Morgan fingerprint density at radius 3 is 2.89 bits per heavy atom. The first kappa shape index (κ1) is 14.0. The maximum absolute atomic E-state index is 11.7. The molecule has 0 unspecified atom stereocenters. The van der Waals surface area contributed by atoms with E-state index < -0.39 is 10.0 Å². The number of sulfonamides is 1. The van der Waals surface area contributed by atoms with Crippen molar-refractivity contribution in [3.05, 3.63) is 18.0 Å². The molecule has 0 spiro atoms. The lowest BCUT2D eigenvalue weighted by molar-refractivity contribution is 0.0952. The van der Waals surface area contributed by atoms with Crippen molar-refractivity contribution in [3.8, 4) is 0 Å². The SMILES string of the molecule is Cn1cc(C(=O)NCCCN2CCCS2(=O)=O)cn1. The van der Waals surface area contributed by atoms with E-state index in [1.807, 2.05) is 0 Å². The van der Waals surface area contributed by atoms with Gasteiger partial charge in [0.2, 0.25) is 10.0 Å². The van der Waals surface area contributed by atoms with Gasteiger partial charge in [0.15, 0.2) is 0 Å². The van der Waals surface area contributed by atoms with E-state index >= 15 is 0 Å². The first-order valence-corrected chi connectivity index (χ1v) is 7.84. The van der Waals surface area contributed by atoms with Crippen LogP contribution < -0.4 is 5.32 Å². The predicted molar refractivity (Wildman–Crippen MR) is 70.1 cm³/mol. The molecule has 1 aromatic heterocycles. The fourth-order valence-electron chi connectivity index (χ4n) is 2.04. The fourth-order valence-corrected chi connectivity index (χ4v) is 3.61. The largest absolute Gasteiger partial charge is 0.352 e. The number of hydrogen-bond donors (Lipinski definition) is 1. The molecule has 0 bridgehead atoms. The van der Waals surface area contributed by atoms with Gasteiger partial charge >= 0.3 is 0 Å². The Hall–Kier alpha value is -1.41. The Morgan fingerprint density at radius 2 is 2.32 bits per heavy atom. The molecule has 0 atom stereocenters. The van der Waals surface area contributed by atoms with Crippen molar-refractivity contribution in [1.82, 2.24) is 19.4 Å². The second-order valence-corrected chi connectivity index (χ2v) is 6.67. The second kappa shape index (κ2) is 5.70. The van der Waals surface area contributed by atoms with Crippen molar-refractivity contribution in [2.45, 2.75) is 12.8 Å². The third-order valence-electron chi connectivity index (χ3n) is 3.04. The predicted octanol–water partition coefficient (Wildman–Crippen LogP) is -0.424. The molecular formula is C11H18N4O3S. The standard InChI is InChI=1S/C11H18N4O3S/c1-14-9-10(8-13-14)11(16)12-4-2-5-15-6-3-7-19(15,17)18/h8-9H,2-7H2,1H3,(H,12,16). The third kappa shape index (κ3) is 3.54. The number of aryl methyl sites for hydroxylation is 1. The molecule has 8 heteroatoms. The Balaban J connectivity index is 1.71. The normalized spacial score (nSPS) is 18.6. The Bertz CT molecular complexity index is 552. The van der Waals surface area contributed by atoms with Gasteiger partial charge in [-0.3, -0.25) is 9.48 Å². The van der Waals surface area contributed by atoms with E-state index in [-0.39, 0.29) is 11.7 Å². The molecular weight excluding hydrogens is 268 g/mol. The maximum Gasteiger partial charge on any atom is 0.254 e. The lowest BCUT2D eigenvalue weighted by Gasteiger charge is -2.13. The molecule has 2 heterocycles. The molecule has 1 aliphatic heterocycles. The van der Waals surface area contributed by atoms with Crippen LogP contribution in [0.1, 0.15) is 23.2 Å². The average molecular weight is 286 g/mol. The third-order valence-corrected chi connectivity index (χ3v) is 5.00. The molecule has 1 aliphatic rings. The fraction of sp³-hybridized carbons (Fsp3) is 0.636. The average Bonchev–Trinajstić information content (AvgIpc) is 2.91. The van der Waals surface area contributed by atoms with Crippen LogP contribution in [0, 0.1) is 0 Å². The highest BCUT2D eigenvalue weighted by atomic mass is 32.2. The number of aromatic nitrogens is 2. The topological polar surface area (TPSA) is 84.3 Å². The molecule has 0 aromatic carbocycles. The molecule has 7 nitrogen and oxygen atoms in total. The molecule has 1 aromatic rings. The van der Waals surface area contributed by atoms with Gasteiger partial charge in [0.25, 0.3) is 5.91 Å². The summed E-state index contributed by atoms with van der Waals surface area (Å²) in [5.74, 6) is 0.0621. The smallest absolute Gasteiger partial charge is 0.254 e. The highest BCUT2D eigenvalue weighted by Crippen LogP contribution is 2.12. The molecule has 1 fully saturated rings. The Morgan fingerprint density at radius 1 is 1.53 bits per heavy atom. The van der Waals surface area contributed by atoms with E-state index in [4.69, 9.17) is 0 Å². The summed E-state index contributed by atoms with van der Waals surface area (Å²) in [7, 11) is -1.28. The number of nitrogens with one attached hydrogen (secondary N) is 1. The lowest BCUT2D eigenvalue weighted by atomic mass is 10.3. The molecule has 1 amide bonds. The van der Waals surface area contributed by atoms with Gasteiger partial charge in [-0.2, -0.15) is 5.10 Å². The van der Waals surface area contributed by atoms with Gasteiger partial charge in [0.1, 0.15) is 0 Å². The van der Waals surface area contributed by atoms with Crippen molar-refractivity contribution in [3.63, 3.8) is 0 Å². The van der Waals surface area contributed by atoms with E-state index in [9.17, 15) is 13.2 Å². The van der Waals surface area contributed by atoms with Crippen LogP contribution in [0.25, 0.3) is 0 Å². The van der Waals surface area contributed by atoms with Crippen LogP contribution in [-0.2, 0) is 17.1 Å². The zero-order chi connectivity index (χ0) is 13.9. The maximum atomic E-state index is 11.7. The summed E-state index contributed by atoms with van der Waals surface area (Å²) in [5, 5.41) is 6.67. The van der Waals surface area contributed by atoms with Crippen LogP contribution in [0.5, 0.6) is 0 Å². The van der Waals surface area contributed by atoms with E-state index in [1.54, 1.807) is 17.9 Å². The van der Waals surface area contributed by atoms with Crippen LogP contribution in [0.4, 0.5) is 0 Å². The van der Waals surface area contributed by atoms with Gasteiger partial charge in [-0.05, 0) is 12.8 Å². The van der Waals surface area contributed by atoms with Crippen molar-refractivity contribution in [1.29, 1.82) is 0 Å². The van der Waals surface area contributed by atoms with Gasteiger partial charge in [0, 0.05) is 32.9 Å². The van der Waals surface area contributed by atoms with Gasteiger partial charge in [-0.25, -0.2) is 12.7 Å². The van der Waals surface area contributed by atoms with E-state index in [0.29, 0.717) is 38.0 Å². The summed E-state index contributed by atoms with van der Waals surface area (Å²) in [5.41, 5.74) is 0.510. The summed E-state index contributed by atoms with van der Waals surface area (Å²) >= 11 is 0. The van der Waals surface area contributed by atoms with E-state index in [2.05, 4.69) is 10.4 Å². The molecule has 0 saturated carbocycles. The van der Waals surface area contributed by atoms with Gasteiger partial charge in [-0.15, -0.1) is 0 Å². The van der Waals surface area contributed by atoms with E-state index in [0.717, 1.165) is 0 Å². The zero-order valence-electron chi connectivity index (χ0n) is 10.9. The molecule has 1 saturated heterocycles. The first-order valence-electron chi connectivity index (χ1n) is 6.24. The number of carbonyl (C=O) groups excluding carboxylic acids is 1. The number of hydrogen-bond acceptors (Lipinski definition) is 4. The minimum atomic E-state index is -3.03. The quantitative estimate of drug-likeness (QED) is 0.745. The van der Waals surface area contributed by atoms with Gasteiger partial charge in [-0.1, -0.05) is 0 Å². The van der Waals surface area contributed by atoms with Crippen LogP contribution in [-0.4, -0.2) is 53.8 Å². The van der Waals surface area contributed by atoms with Crippen LogP contribution in [0.15, 0.2) is 12.4 Å². The molecule has 106 valence electrons. The summed E-state index contributed by atoms with van der Waals surface area (Å²) in [6, 6.07) is 0. The molecule has 2 rings (SSSR count). The number of amides is 1. The van der Waals surface area contributed by atoms with Crippen LogP contribution in [0.3, 0.4) is 0 Å². The monoisotopic (exact) mass is 286 g/mol. The number of rotatable bonds is 5. The lowest BCUT2D eigenvalue weighted by Crippen LogP contribution is -2.31. The van der Waals surface area contributed by atoms with Crippen LogP contribution >= 0.6 is 0 Å². The molecule has 0 aliphatic carbocycles. The van der Waals surface area contributed by atoms with Crippen molar-refractivity contribution < 1.29 is 13.2 Å². The minimum Gasteiger partial charge on any atom is -0.352 e. The molecule has 0 radical (unpaired) electrons.